The fourth-order valence-corrected chi connectivity index (χ4v) is 2.89. The summed E-state index contributed by atoms with van der Waals surface area (Å²) in [6, 6.07) is 0. The molecule has 0 fully saturated rings. The van der Waals surface area contributed by atoms with Crippen LogP contribution in [0.2, 0.25) is 0 Å². The number of anilines is 1. The predicted octanol–water partition coefficient (Wildman–Crippen LogP) is -3.19. The Kier molecular flexibility index (Phi) is 3.76. The fourth-order valence-electron chi connectivity index (χ4n) is 2.89. The van der Waals surface area contributed by atoms with Gasteiger partial charge in [0.15, 0.2) is 0 Å². The van der Waals surface area contributed by atoms with E-state index in [2.05, 4.69) is 5.32 Å². The largest absolute Gasteiger partial charge is 0.326 e. The Balaban J connectivity index is 2.82. The van der Waals surface area contributed by atoms with Crippen LogP contribution < -0.4 is 21.7 Å². The van der Waals surface area contributed by atoms with Crippen molar-refractivity contribution >= 4 is 63.3 Å². The van der Waals surface area contributed by atoms with Crippen molar-refractivity contribution in [3.05, 3.63) is 11.1 Å². The van der Waals surface area contributed by atoms with Gasteiger partial charge in [0.1, 0.15) is 23.5 Å². The lowest BCUT2D eigenvalue weighted by Crippen LogP contribution is -2.46. The summed E-state index contributed by atoms with van der Waals surface area (Å²) in [5.74, 6) is -0.898. The average Bonchev–Trinajstić information content (AvgIpc) is 2.63. The number of carbonyl (C=O) groups excluding carboxylic acids is 3. The zero-order valence-electron chi connectivity index (χ0n) is 14.2. The molecule has 3 amide bonds. The molecule has 0 saturated heterocycles. The van der Waals surface area contributed by atoms with E-state index in [1.165, 1.54) is 11.8 Å². The second-order valence-corrected chi connectivity index (χ2v) is 6.80. The van der Waals surface area contributed by atoms with Crippen molar-refractivity contribution in [2.75, 3.05) is 5.32 Å². The maximum absolute atomic E-state index is 12.8. The molecule has 0 atom stereocenters. The van der Waals surface area contributed by atoms with Crippen LogP contribution in [-0.4, -0.2) is 51.7 Å². The van der Waals surface area contributed by atoms with Crippen molar-refractivity contribution in [3.63, 3.8) is 0 Å². The van der Waals surface area contributed by atoms with Gasteiger partial charge in [-0.05, 0) is 20.8 Å². The van der Waals surface area contributed by atoms with Crippen LogP contribution >= 0.6 is 0 Å². The number of imide groups is 1. The van der Waals surface area contributed by atoms with Gasteiger partial charge >= 0.3 is 0 Å². The highest BCUT2D eigenvalue weighted by molar-refractivity contribution is 6.61. The summed E-state index contributed by atoms with van der Waals surface area (Å²) in [5, 5.41) is 2.73. The predicted molar refractivity (Wildman–Crippen MR) is 95.5 cm³/mol. The van der Waals surface area contributed by atoms with Crippen LogP contribution in [0.5, 0.6) is 0 Å². The van der Waals surface area contributed by atoms with Crippen molar-refractivity contribution in [2.45, 2.75) is 33.2 Å². The molecule has 22 heavy (non-hydrogen) atoms. The summed E-state index contributed by atoms with van der Waals surface area (Å²) in [6.45, 7) is 6.86. The average molecular weight is 296 g/mol. The quantitative estimate of drug-likeness (QED) is 0.439. The van der Waals surface area contributed by atoms with Gasteiger partial charge in [-0.15, -0.1) is 0 Å². The molecular formula is C14H19B3N2O3. The maximum atomic E-state index is 12.8. The van der Waals surface area contributed by atoms with E-state index < -0.39 is 5.54 Å². The monoisotopic (exact) mass is 296 g/mol. The molecule has 5 nitrogen and oxygen atoms in total. The summed E-state index contributed by atoms with van der Waals surface area (Å²) < 4.78 is 0. The molecular weight excluding hydrogens is 277 g/mol. The Labute approximate surface area is 133 Å². The molecule has 1 N–H and O–H groups in total. The number of nitrogens with one attached hydrogen (secondary N) is 1. The second kappa shape index (κ2) is 5.04. The minimum Gasteiger partial charge on any atom is -0.326 e. The second-order valence-electron chi connectivity index (χ2n) is 6.80. The number of hydrogen-bond donors (Lipinski definition) is 1. The molecule has 1 aliphatic heterocycles. The summed E-state index contributed by atoms with van der Waals surface area (Å²) in [7, 11) is 5.59. The lowest BCUT2D eigenvalue weighted by Gasteiger charge is -2.29. The Morgan fingerprint density at radius 2 is 1.45 bits per heavy atom. The molecule has 8 heteroatoms. The van der Waals surface area contributed by atoms with E-state index >= 15 is 0 Å². The highest BCUT2D eigenvalue weighted by atomic mass is 16.2. The first-order chi connectivity index (χ1) is 9.98. The van der Waals surface area contributed by atoms with Crippen molar-refractivity contribution in [1.29, 1.82) is 0 Å². The van der Waals surface area contributed by atoms with Crippen molar-refractivity contribution in [2.24, 2.45) is 0 Å². The SMILES string of the molecule is Bc1c(B)c(NC(C)=O)c2c(c1B)C(=O)N(C(C)(C)C)C2=O. The third-order valence-electron chi connectivity index (χ3n) is 4.18. The van der Waals surface area contributed by atoms with E-state index in [0.717, 1.165) is 16.4 Å². The molecule has 0 bridgehead atoms. The molecule has 1 aromatic rings. The van der Waals surface area contributed by atoms with Crippen LogP contribution in [0, 0.1) is 0 Å². The number of fused-ring (bicyclic) bond motifs is 1. The number of amides is 3. The van der Waals surface area contributed by atoms with Crippen LogP contribution in [0.1, 0.15) is 48.4 Å². The zero-order chi connectivity index (χ0) is 17.0. The standard InChI is InChI=1S/C14H19B3N2O3/c1-5(20)18-11-7-6(8(15)9(16)10(11)17)12(21)19(13(7)22)14(2,3)4/h15-17H2,1-4H3,(H,18,20). The molecule has 0 radical (unpaired) electrons. The van der Waals surface area contributed by atoms with Crippen LogP contribution in [0.3, 0.4) is 0 Å². The number of carbonyl (C=O) groups is 3. The molecule has 0 spiro atoms. The topological polar surface area (TPSA) is 66.5 Å². The van der Waals surface area contributed by atoms with Crippen molar-refractivity contribution < 1.29 is 14.4 Å². The number of rotatable bonds is 1. The molecule has 1 aliphatic rings. The van der Waals surface area contributed by atoms with Gasteiger partial charge in [-0.1, -0.05) is 16.4 Å². The minimum atomic E-state index is -0.616. The lowest BCUT2D eigenvalue weighted by atomic mass is 9.68. The van der Waals surface area contributed by atoms with Gasteiger partial charge in [-0.3, -0.25) is 19.3 Å². The highest BCUT2D eigenvalue weighted by Gasteiger charge is 2.44. The zero-order valence-corrected chi connectivity index (χ0v) is 14.2. The Morgan fingerprint density at radius 1 is 0.955 bits per heavy atom. The van der Waals surface area contributed by atoms with E-state index in [1.54, 1.807) is 0 Å². The first-order valence-electron chi connectivity index (χ1n) is 7.28. The van der Waals surface area contributed by atoms with Gasteiger partial charge in [0.25, 0.3) is 11.8 Å². The number of hydrogen-bond acceptors (Lipinski definition) is 3. The van der Waals surface area contributed by atoms with E-state index in [1.807, 2.05) is 44.3 Å². The summed E-state index contributed by atoms with van der Waals surface area (Å²) >= 11 is 0. The molecule has 2 rings (SSSR count). The normalized spacial score (nSPS) is 14.3. The summed E-state index contributed by atoms with van der Waals surface area (Å²) in [4.78, 5) is 38.4. The van der Waals surface area contributed by atoms with Gasteiger partial charge in [-0.25, -0.2) is 0 Å². The van der Waals surface area contributed by atoms with Crippen LogP contribution in [0.15, 0.2) is 0 Å². The Hall–Kier alpha value is -1.98. The smallest absolute Gasteiger partial charge is 0.264 e. The van der Waals surface area contributed by atoms with E-state index in [-0.39, 0.29) is 17.7 Å². The van der Waals surface area contributed by atoms with Gasteiger partial charge in [0.05, 0.1) is 5.56 Å². The highest BCUT2D eigenvalue weighted by Crippen LogP contribution is 2.31. The molecule has 0 aliphatic carbocycles. The minimum absolute atomic E-state index is 0.261. The number of benzene rings is 1. The molecule has 0 aromatic heterocycles. The third-order valence-corrected chi connectivity index (χ3v) is 4.18. The third kappa shape index (κ3) is 2.27. The van der Waals surface area contributed by atoms with E-state index in [0.29, 0.717) is 16.8 Å². The van der Waals surface area contributed by atoms with E-state index in [9.17, 15) is 14.4 Å². The van der Waals surface area contributed by atoms with Crippen molar-refractivity contribution in [1.82, 2.24) is 4.90 Å². The van der Waals surface area contributed by atoms with Gasteiger partial charge in [0, 0.05) is 23.7 Å². The van der Waals surface area contributed by atoms with Gasteiger partial charge < -0.3 is 5.32 Å². The molecule has 112 valence electrons. The Bertz CT molecular complexity index is 723. The fraction of sp³-hybridized carbons (Fsp3) is 0.357. The van der Waals surface area contributed by atoms with Crippen LogP contribution in [0.4, 0.5) is 5.69 Å². The first-order valence-corrected chi connectivity index (χ1v) is 7.28. The van der Waals surface area contributed by atoms with Gasteiger partial charge in [0.2, 0.25) is 5.91 Å². The molecule has 0 saturated carbocycles. The molecule has 0 unspecified atom stereocenters. The summed E-state index contributed by atoms with van der Waals surface area (Å²) in [5.41, 5.74) is 3.10. The van der Waals surface area contributed by atoms with E-state index in [4.69, 9.17) is 0 Å². The maximum Gasteiger partial charge on any atom is 0.264 e. The lowest BCUT2D eigenvalue weighted by molar-refractivity contribution is -0.114. The number of nitrogens with zero attached hydrogens (tertiary/aromatic N) is 1. The molecule has 1 aromatic carbocycles. The first kappa shape index (κ1) is 16.4. The van der Waals surface area contributed by atoms with Crippen molar-refractivity contribution in [3.8, 4) is 0 Å². The van der Waals surface area contributed by atoms with Gasteiger partial charge in [-0.2, -0.15) is 0 Å². The van der Waals surface area contributed by atoms with Crippen LogP contribution in [0.25, 0.3) is 0 Å². The molecule has 1 heterocycles. The van der Waals surface area contributed by atoms with Crippen LogP contribution in [-0.2, 0) is 4.79 Å². The Morgan fingerprint density at radius 3 is 1.91 bits per heavy atom. The summed E-state index contributed by atoms with van der Waals surface area (Å²) in [6.07, 6.45) is 0.